The third-order valence-corrected chi connectivity index (χ3v) is 7.10. The molecule has 2 bridgehead atoms. The maximum atomic E-state index is 6.46. The first-order valence-corrected chi connectivity index (χ1v) is 10.6. The average molecular weight is 380 g/mol. The lowest BCUT2D eigenvalue weighted by molar-refractivity contribution is 0.0159. The van der Waals surface area contributed by atoms with Gasteiger partial charge in [0.2, 0.25) is 0 Å². The van der Waals surface area contributed by atoms with Gasteiger partial charge in [0.05, 0.1) is 11.6 Å². The average Bonchev–Trinajstić information content (AvgIpc) is 3.45. The summed E-state index contributed by atoms with van der Waals surface area (Å²) in [5, 5.41) is 0. The molecule has 29 heavy (non-hydrogen) atoms. The van der Waals surface area contributed by atoms with E-state index < -0.39 is 0 Å². The molecule has 2 fully saturated rings. The fourth-order valence-corrected chi connectivity index (χ4v) is 5.89. The van der Waals surface area contributed by atoms with E-state index in [1.165, 1.54) is 16.7 Å². The van der Waals surface area contributed by atoms with Crippen molar-refractivity contribution in [1.82, 2.24) is 4.90 Å². The van der Waals surface area contributed by atoms with Crippen LogP contribution in [-0.2, 0) is 10.3 Å². The number of likely N-dealkylation sites (tertiary alicyclic amines) is 1. The standard InChI is InChI=1S/C27H25NO/c1-4-10-21(11-5-1)27(22-12-6-2-7-13-22,23-14-8-3-9-15-23)28-19-24-18-25-16-17-26(24,20-28)29-25/h1-17,24-25H,18-20H2. The van der Waals surface area contributed by atoms with Crippen LogP contribution in [0, 0.1) is 5.92 Å². The molecular weight excluding hydrogens is 354 g/mol. The van der Waals surface area contributed by atoms with Crippen LogP contribution in [-0.4, -0.2) is 29.7 Å². The van der Waals surface area contributed by atoms with E-state index in [1.807, 2.05) is 0 Å². The van der Waals surface area contributed by atoms with Gasteiger partial charge in [0.1, 0.15) is 5.60 Å². The Bertz CT molecular complexity index is 933. The lowest BCUT2D eigenvalue weighted by atomic mass is 9.75. The van der Waals surface area contributed by atoms with Crippen molar-refractivity contribution in [2.75, 3.05) is 13.1 Å². The molecule has 1 spiro atoms. The third kappa shape index (κ3) is 2.43. The number of nitrogens with zero attached hydrogens (tertiary/aromatic N) is 1. The van der Waals surface area contributed by atoms with Crippen LogP contribution >= 0.6 is 0 Å². The zero-order valence-electron chi connectivity index (χ0n) is 16.4. The molecule has 0 N–H and O–H groups in total. The van der Waals surface area contributed by atoms with E-state index in [0.717, 1.165) is 19.5 Å². The topological polar surface area (TPSA) is 12.5 Å². The summed E-state index contributed by atoms with van der Waals surface area (Å²) < 4.78 is 6.46. The van der Waals surface area contributed by atoms with Crippen LogP contribution < -0.4 is 0 Å². The van der Waals surface area contributed by atoms with Gasteiger partial charge in [-0.1, -0.05) is 103 Å². The lowest BCUT2D eigenvalue weighted by Crippen LogP contribution is -2.48. The van der Waals surface area contributed by atoms with E-state index in [9.17, 15) is 0 Å². The Hall–Kier alpha value is -2.68. The van der Waals surface area contributed by atoms with Crippen molar-refractivity contribution in [3.05, 3.63) is 120 Å². The SMILES string of the molecule is C1=CC23CN(C(c4ccccc4)(c4ccccc4)c4ccccc4)CC2CC1O3. The zero-order valence-corrected chi connectivity index (χ0v) is 16.4. The molecule has 0 aliphatic carbocycles. The maximum Gasteiger partial charge on any atom is 0.104 e. The van der Waals surface area contributed by atoms with Crippen molar-refractivity contribution in [1.29, 1.82) is 0 Å². The number of benzene rings is 3. The number of hydrogen-bond donors (Lipinski definition) is 0. The normalized spacial score (nSPS) is 28.0. The van der Waals surface area contributed by atoms with Crippen molar-refractivity contribution in [2.24, 2.45) is 5.92 Å². The zero-order chi connectivity index (χ0) is 19.3. The van der Waals surface area contributed by atoms with Gasteiger partial charge in [-0.3, -0.25) is 4.90 Å². The number of ether oxygens (including phenoxy) is 1. The minimum Gasteiger partial charge on any atom is -0.362 e. The number of rotatable bonds is 4. The van der Waals surface area contributed by atoms with Gasteiger partial charge in [-0.05, 0) is 23.1 Å². The molecule has 3 aromatic carbocycles. The third-order valence-electron chi connectivity index (χ3n) is 7.10. The van der Waals surface area contributed by atoms with E-state index in [-0.39, 0.29) is 11.1 Å². The Morgan fingerprint density at radius 2 is 1.28 bits per heavy atom. The van der Waals surface area contributed by atoms with Gasteiger partial charge < -0.3 is 4.74 Å². The highest BCUT2D eigenvalue weighted by Gasteiger charge is 2.59. The van der Waals surface area contributed by atoms with Crippen molar-refractivity contribution >= 4 is 0 Å². The van der Waals surface area contributed by atoms with Crippen molar-refractivity contribution < 1.29 is 4.74 Å². The number of fused-ring (bicyclic) bond motifs is 1. The molecule has 2 heteroatoms. The smallest absolute Gasteiger partial charge is 0.104 e. The fraction of sp³-hybridized carbons (Fsp3) is 0.259. The molecule has 6 rings (SSSR count). The van der Waals surface area contributed by atoms with Crippen LogP contribution in [0.1, 0.15) is 23.1 Å². The van der Waals surface area contributed by atoms with E-state index in [1.54, 1.807) is 0 Å². The highest BCUT2D eigenvalue weighted by Crippen LogP contribution is 2.53. The summed E-state index contributed by atoms with van der Waals surface area (Å²) in [7, 11) is 0. The first kappa shape index (κ1) is 17.2. The summed E-state index contributed by atoms with van der Waals surface area (Å²) in [5.74, 6) is 0.563. The van der Waals surface area contributed by atoms with Crippen LogP contribution in [0.25, 0.3) is 0 Å². The molecule has 3 heterocycles. The monoisotopic (exact) mass is 379 g/mol. The van der Waals surface area contributed by atoms with Gasteiger partial charge in [-0.25, -0.2) is 0 Å². The predicted molar refractivity (Wildman–Crippen MR) is 116 cm³/mol. The van der Waals surface area contributed by atoms with Gasteiger partial charge in [-0.2, -0.15) is 0 Å². The molecule has 0 amide bonds. The second kappa shape index (κ2) is 6.41. The van der Waals surface area contributed by atoms with Crippen LogP contribution in [0.4, 0.5) is 0 Å². The highest BCUT2D eigenvalue weighted by molar-refractivity contribution is 5.50. The molecule has 3 aliphatic heterocycles. The molecule has 0 aromatic heterocycles. The first-order chi connectivity index (χ1) is 14.3. The molecule has 2 saturated heterocycles. The molecule has 0 saturated carbocycles. The van der Waals surface area contributed by atoms with Crippen LogP contribution in [0.3, 0.4) is 0 Å². The van der Waals surface area contributed by atoms with E-state index >= 15 is 0 Å². The van der Waals surface area contributed by atoms with Crippen molar-refractivity contribution in [3.63, 3.8) is 0 Å². The minimum absolute atomic E-state index is 0.117. The first-order valence-electron chi connectivity index (χ1n) is 10.6. The Morgan fingerprint density at radius 3 is 1.72 bits per heavy atom. The molecule has 144 valence electrons. The van der Waals surface area contributed by atoms with Crippen LogP contribution in [0.2, 0.25) is 0 Å². The van der Waals surface area contributed by atoms with Crippen LogP contribution in [0.15, 0.2) is 103 Å². The largest absolute Gasteiger partial charge is 0.362 e. The van der Waals surface area contributed by atoms with E-state index in [2.05, 4.69) is 108 Å². The summed E-state index contributed by atoms with van der Waals surface area (Å²) in [4.78, 5) is 2.67. The summed E-state index contributed by atoms with van der Waals surface area (Å²) in [6.07, 6.45) is 6.08. The van der Waals surface area contributed by atoms with Crippen LogP contribution in [0.5, 0.6) is 0 Å². The number of hydrogen-bond acceptors (Lipinski definition) is 2. The molecule has 3 atom stereocenters. The Kier molecular flexibility index (Phi) is 3.80. The van der Waals surface area contributed by atoms with Gasteiger partial charge in [0.15, 0.2) is 0 Å². The molecule has 2 nitrogen and oxygen atoms in total. The summed E-state index contributed by atoms with van der Waals surface area (Å²) in [5.41, 5.74) is 3.48. The molecular formula is C27H25NO. The fourth-order valence-electron chi connectivity index (χ4n) is 5.89. The van der Waals surface area contributed by atoms with Crippen molar-refractivity contribution in [2.45, 2.75) is 23.7 Å². The van der Waals surface area contributed by atoms with Gasteiger partial charge in [0.25, 0.3) is 0 Å². The second-order valence-corrected chi connectivity index (χ2v) is 8.59. The Morgan fingerprint density at radius 1 is 0.759 bits per heavy atom. The van der Waals surface area contributed by atoms with Gasteiger partial charge in [0, 0.05) is 19.0 Å². The highest BCUT2D eigenvalue weighted by atomic mass is 16.5. The molecule has 3 aromatic rings. The minimum atomic E-state index is -0.335. The molecule has 3 unspecified atom stereocenters. The maximum absolute atomic E-state index is 6.46. The summed E-state index contributed by atoms with van der Waals surface area (Å²) >= 11 is 0. The van der Waals surface area contributed by atoms with Gasteiger partial charge in [-0.15, -0.1) is 0 Å². The predicted octanol–water partition coefficient (Wildman–Crippen LogP) is 5.01. The van der Waals surface area contributed by atoms with Crippen molar-refractivity contribution in [3.8, 4) is 0 Å². The quantitative estimate of drug-likeness (QED) is 0.467. The van der Waals surface area contributed by atoms with E-state index in [4.69, 9.17) is 4.74 Å². The Labute approximate surface area is 172 Å². The second-order valence-electron chi connectivity index (χ2n) is 8.59. The van der Waals surface area contributed by atoms with Gasteiger partial charge >= 0.3 is 0 Å². The Balaban J connectivity index is 1.59. The van der Waals surface area contributed by atoms with E-state index in [0.29, 0.717) is 12.0 Å². The molecule has 0 radical (unpaired) electrons. The lowest BCUT2D eigenvalue weighted by Gasteiger charge is -2.44. The molecule has 3 aliphatic rings. The summed E-state index contributed by atoms with van der Waals surface area (Å²) in [6.45, 7) is 1.96. The summed E-state index contributed by atoms with van der Waals surface area (Å²) in [6, 6.07) is 32.9.